The normalized spacial score (nSPS) is 33.2. The summed E-state index contributed by atoms with van der Waals surface area (Å²) in [6.07, 6.45) is 1.38. The van der Waals surface area contributed by atoms with Gasteiger partial charge < -0.3 is 9.47 Å². The highest BCUT2D eigenvalue weighted by Gasteiger charge is 2.47. The molecule has 0 amide bonds. The number of rotatable bonds is 1. The smallest absolute Gasteiger partial charge is 0.305 e. The molecule has 5 nitrogen and oxygen atoms in total. The molecular formula is C20H20O5S. The van der Waals surface area contributed by atoms with Gasteiger partial charge in [0.25, 0.3) is 0 Å². The van der Waals surface area contributed by atoms with Crippen molar-refractivity contribution >= 4 is 11.4 Å². The zero-order chi connectivity index (χ0) is 17.5. The molecule has 2 aromatic carbocycles. The van der Waals surface area contributed by atoms with E-state index in [2.05, 4.69) is 12.1 Å². The van der Waals surface area contributed by atoms with Crippen molar-refractivity contribution in [2.75, 3.05) is 13.2 Å². The van der Waals surface area contributed by atoms with E-state index in [1.54, 1.807) is 0 Å². The molecular weight excluding hydrogens is 352 g/mol. The molecule has 136 valence electrons. The van der Waals surface area contributed by atoms with E-state index in [4.69, 9.17) is 17.8 Å². The van der Waals surface area contributed by atoms with Crippen molar-refractivity contribution < 1.29 is 22.0 Å². The molecule has 6 heteroatoms. The molecule has 0 bridgehead atoms. The summed E-state index contributed by atoms with van der Waals surface area (Å²) in [5.41, 5.74) is 2.35. The van der Waals surface area contributed by atoms with Crippen molar-refractivity contribution in [1.29, 1.82) is 0 Å². The van der Waals surface area contributed by atoms with E-state index in [0.29, 0.717) is 13.2 Å². The lowest BCUT2D eigenvalue weighted by Gasteiger charge is -2.37. The summed E-state index contributed by atoms with van der Waals surface area (Å²) < 4.78 is 34.8. The largest absolute Gasteiger partial charge is 0.457 e. The maximum atomic E-state index is 11.8. The lowest BCUT2D eigenvalue weighted by Crippen LogP contribution is -2.44. The van der Waals surface area contributed by atoms with Crippen LogP contribution in [0.4, 0.5) is 0 Å². The first-order valence-electron chi connectivity index (χ1n) is 8.98. The van der Waals surface area contributed by atoms with Crippen LogP contribution in [0.15, 0.2) is 48.5 Å². The van der Waals surface area contributed by atoms with Crippen LogP contribution in [-0.4, -0.2) is 29.6 Å². The maximum absolute atomic E-state index is 11.8. The quantitative estimate of drug-likeness (QED) is 0.767. The molecule has 3 aliphatic heterocycles. The van der Waals surface area contributed by atoms with Crippen molar-refractivity contribution in [3.63, 3.8) is 0 Å². The number of hydrogen-bond acceptors (Lipinski definition) is 5. The third-order valence-corrected chi connectivity index (χ3v) is 6.31. The molecule has 3 aliphatic rings. The number of fused-ring (bicyclic) bond motifs is 3. The minimum atomic E-state index is -1.68. The second kappa shape index (κ2) is 6.78. The zero-order valence-electron chi connectivity index (χ0n) is 14.2. The van der Waals surface area contributed by atoms with Gasteiger partial charge in [-0.15, -0.1) is 0 Å². The molecule has 5 atom stereocenters. The highest BCUT2D eigenvalue weighted by Crippen LogP contribution is 2.45. The second-order valence-electron chi connectivity index (χ2n) is 6.99. The Morgan fingerprint density at radius 1 is 0.923 bits per heavy atom. The maximum Gasteiger partial charge on any atom is 0.305 e. The van der Waals surface area contributed by atoms with Gasteiger partial charge in [0.1, 0.15) is 23.7 Å². The topological polar surface area (TPSA) is 54.0 Å². The molecule has 0 radical (unpaired) electrons. The van der Waals surface area contributed by atoms with Gasteiger partial charge in [0, 0.05) is 5.92 Å². The number of ether oxygens (including phenoxy) is 2. The van der Waals surface area contributed by atoms with Crippen molar-refractivity contribution in [1.82, 2.24) is 0 Å². The summed E-state index contributed by atoms with van der Waals surface area (Å²) in [6.45, 7) is 1.00. The van der Waals surface area contributed by atoms with Crippen molar-refractivity contribution in [2.45, 2.75) is 31.0 Å². The van der Waals surface area contributed by atoms with E-state index in [1.807, 2.05) is 36.4 Å². The first kappa shape index (κ1) is 16.4. The molecule has 2 aromatic rings. The highest BCUT2D eigenvalue weighted by molar-refractivity contribution is 7.75. The van der Waals surface area contributed by atoms with Gasteiger partial charge in [0.15, 0.2) is 0 Å². The van der Waals surface area contributed by atoms with E-state index in [1.165, 1.54) is 5.56 Å². The standard InChI is InChI=1S/C20H20O5S/c21-26-24-19-12-22-11-16(20(19)25-26)14-10-9-13-5-1-3-7-17(13)23-18-8-4-2-6-15(14)18/h1-8,14,16,19-20H,9-12H2/t14?,16-,19+,20-,26?/m0/s1. The Kier molecular flexibility index (Phi) is 4.29. The first-order chi connectivity index (χ1) is 12.8. The summed E-state index contributed by atoms with van der Waals surface area (Å²) in [6, 6.07) is 16.3. The van der Waals surface area contributed by atoms with Crippen LogP contribution in [0.2, 0.25) is 0 Å². The van der Waals surface area contributed by atoms with Gasteiger partial charge >= 0.3 is 11.4 Å². The van der Waals surface area contributed by atoms with E-state index < -0.39 is 11.4 Å². The van der Waals surface area contributed by atoms with Crippen molar-refractivity contribution in [3.05, 3.63) is 59.7 Å². The third kappa shape index (κ3) is 2.87. The Balaban J connectivity index is 1.54. The van der Waals surface area contributed by atoms with Crippen LogP contribution >= 0.6 is 0 Å². The van der Waals surface area contributed by atoms with E-state index in [-0.39, 0.29) is 24.0 Å². The lowest BCUT2D eigenvalue weighted by molar-refractivity contribution is -0.0689. The minimum absolute atomic E-state index is 0.0789. The van der Waals surface area contributed by atoms with Crippen LogP contribution in [0.1, 0.15) is 23.5 Å². The third-order valence-electron chi connectivity index (χ3n) is 5.53. The SMILES string of the molecule is O=S1O[C@@H]2[C@@H](COC[C@H]2C2CCc3ccccc3Oc3ccccc32)O1. The Morgan fingerprint density at radius 2 is 1.73 bits per heavy atom. The molecule has 26 heavy (non-hydrogen) atoms. The summed E-state index contributed by atoms with van der Waals surface area (Å²) in [4.78, 5) is 0. The van der Waals surface area contributed by atoms with Gasteiger partial charge in [-0.05, 0) is 42.0 Å². The van der Waals surface area contributed by atoms with Gasteiger partial charge in [-0.3, -0.25) is 8.37 Å². The fourth-order valence-electron chi connectivity index (χ4n) is 4.28. The lowest BCUT2D eigenvalue weighted by atomic mass is 9.76. The van der Waals surface area contributed by atoms with Gasteiger partial charge in [-0.2, -0.15) is 4.21 Å². The number of hydrogen-bond donors (Lipinski definition) is 0. The molecule has 0 saturated carbocycles. The Morgan fingerprint density at radius 3 is 2.65 bits per heavy atom. The Labute approximate surface area is 155 Å². The number of para-hydroxylation sites is 2. The highest BCUT2D eigenvalue weighted by atomic mass is 32.2. The van der Waals surface area contributed by atoms with Gasteiger partial charge in [0.05, 0.1) is 13.2 Å². The molecule has 0 aliphatic carbocycles. The number of benzene rings is 2. The van der Waals surface area contributed by atoms with Gasteiger partial charge in [-0.25, -0.2) is 0 Å². The number of aryl methyl sites for hydroxylation is 1. The molecule has 0 spiro atoms. The Bertz CT molecular complexity index is 838. The van der Waals surface area contributed by atoms with Crippen molar-refractivity contribution in [2.24, 2.45) is 5.92 Å². The fourth-order valence-corrected chi connectivity index (χ4v) is 5.14. The van der Waals surface area contributed by atoms with E-state index in [0.717, 1.165) is 29.9 Å². The van der Waals surface area contributed by atoms with Crippen LogP contribution in [-0.2, 0) is 30.9 Å². The van der Waals surface area contributed by atoms with Crippen LogP contribution in [0.3, 0.4) is 0 Å². The average Bonchev–Trinajstić information content (AvgIpc) is 3.03. The van der Waals surface area contributed by atoms with Crippen LogP contribution in [0.25, 0.3) is 0 Å². The molecule has 0 aromatic heterocycles. The summed E-state index contributed by atoms with van der Waals surface area (Å²) in [5, 5.41) is 0. The van der Waals surface area contributed by atoms with Crippen LogP contribution in [0, 0.1) is 5.92 Å². The molecule has 2 saturated heterocycles. The molecule has 2 unspecified atom stereocenters. The predicted molar refractivity (Wildman–Crippen MR) is 96.2 cm³/mol. The van der Waals surface area contributed by atoms with Crippen LogP contribution < -0.4 is 4.74 Å². The van der Waals surface area contributed by atoms with E-state index in [9.17, 15) is 4.21 Å². The first-order valence-corrected chi connectivity index (χ1v) is 9.98. The average molecular weight is 372 g/mol. The minimum Gasteiger partial charge on any atom is -0.457 e. The molecule has 3 heterocycles. The monoisotopic (exact) mass is 372 g/mol. The molecule has 0 N–H and O–H groups in total. The molecule has 2 fully saturated rings. The van der Waals surface area contributed by atoms with E-state index >= 15 is 0 Å². The van der Waals surface area contributed by atoms with Crippen molar-refractivity contribution in [3.8, 4) is 11.5 Å². The zero-order valence-corrected chi connectivity index (χ0v) is 15.0. The van der Waals surface area contributed by atoms with Gasteiger partial charge in [0.2, 0.25) is 0 Å². The summed E-state index contributed by atoms with van der Waals surface area (Å²) in [5.74, 6) is 2.05. The summed E-state index contributed by atoms with van der Waals surface area (Å²) >= 11 is -1.68. The fraction of sp³-hybridized carbons (Fsp3) is 0.400. The molecule has 5 rings (SSSR count). The van der Waals surface area contributed by atoms with Crippen LogP contribution in [0.5, 0.6) is 11.5 Å². The Hall–Kier alpha value is -1.73. The van der Waals surface area contributed by atoms with Gasteiger partial charge in [-0.1, -0.05) is 36.4 Å². The second-order valence-corrected chi connectivity index (χ2v) is 7.79. The predicted octanol–water partition coefficient (Wildman–Crippen LogP) is 3.52. The summed E-state index contributed by atoms with van der Waals surface area (Å²) in [7, 11) is 0.